The molecule has 0 aromatic heterocycles. The average Bonchev–Trinajstić information content (AvgIpc) is 3.16. The molecule has 0 radical (unpaired) electrons. The fourth-order valence-corrected chi connectivity index (χ4v) is 8.87. The number of rotatable bonds is 19. The van der Waals surface area contributed by atoms with Gasteiger partial charge in [0.25, 0.3) is 0 Å². The van der Waals surface area contributed by atoms with Crippen molar-refractivity contribution in [3.63, 3.8) is 0 Å². The number of phenols is 1. The summed E-state index contributed by atoms with van der Waals surface area (Å²) in [6.45, 7) is -0.388. The Morgan fingerprint density at radius 1 is 0.656 bits per heavy atom. The van der Waals surface area contributed by atoms with Crippen molar-refractivity contribution in [2.75, 3.05) is 23.6 Å². The molecule has 0 spiro atoms. The first kappa shape index (κ1) is 64.5. The summed E-state index contributed by atoms with van der Waals surface area (Å²) in [4.78, 5) is -2.41. The molecule has 0 unspecified atom stereocenters. The summed E-state index contributed by atoms with van der Waals surface area (Å²) in [5, 5.41) is 55.6. The minimum atomic E-state index is -5.47. The summed E-state index contributed by atoms with van der Waals surface area (Å²) in [5.41, 5.74) is -1.62. The van der Waals surface area contributed by atoms with Gasteiger partial charge in [0.2, 0.25) is 0 Å². The molecule has 316 valence electrons. The standard InChI is InChI=1S/C29H25N5O19S6.5Na/c35-28-19-9-10-22(30-15-57(40,41)42)26(33-31-16-4-6-17(7-5-16)56(38,39)13-12-49-55-53-51-37)21(19)14-24(54-52-50-36)27(28)34-32-23-11-8-18-20(29(23)59(46,47)48)2-1-3-25(18)58(43,44)45;;;;;/h1-11,14,30,35-37H,12-13,15H2,(H,40,41,42)(H,43,44,45)(H,46,47,48);;;;;/q;5*+1/p-5. The van der Waals surface area contributed by atoms with Crippen LogP contribution in [0.4, 0.5) is 28.4 Å². The minimum absolute atomic E-state index is 0. The van der Waals surface area contributed by atoms with Crippen molar-refractivity contribution < 1.29 is 234 Å². The van der Waals surface area contributed by atoms with Gasteiger partial charge < -0.3 is 34.6 Å². The fourth-order valence-electron chi connectivity index (χ4n) is 5.14. The van der Waals surface area contributed by atoms with Crippen LogP contribution in [0.5, 0.6) is 5.75 Å². The predicted octanol–water partition coefficient (Wildman–Crippen LogP) is -11.9. The van der Waals surface area contributed by atoms with Crippen molar-refractivity contribution in [1.82, 2.24) is 0 Å². The first-order valence-electron chi connectivity index (χ1n) is 15.3. The molecule has 0 amide bonds. The van der Waals surface area contributed by atoms with Gasteiger partial charge in [0, 0.05) is 21.5 Å². The Balaban J connectivity index is 0.00000794. The summed E-state index contributed by atoms with van der Waals surface area (Å²) in [6.07, 6.45) is 0. The molecule has 0 atom stereocenters. The van der Waals surface area contributed by atoms with E-state index < -0.39 is 89.5 Å². The second-order valence-electron chi connectivity index (χ2n) is 11.1. The zero-order chi connectivity index (χ0) is 43.2. The molecule has 0 bridgehead atoms. The zero-order valence-corrected chi connectivity index (χ0v) is 48.5. The van der Waals surface area contributed by atoms with Crippen molar-refractivity contribution in [3.05, 3.63) is 72.8 Å². The maximum atomic E-state index is 12.6. The van der Waals surface area contributed by atoms with Crippen LogP contribution in [0.2, 0.25) is 0 Å². The largest absolute Gasteiger partial charge is 1.00 e. The van der Waals surface area contributed by atoms with Gasteiger partial charge in [0.05, 0.1) is 55.4 Å². The van der Waals surface area contributed by atoms with E-state index in [-0.39, 0.29) is 216 Å². The average molecular weight is 1050 g/mol. The Hall–Kier alpha value is 0.520. The second-order valence-corrected chi connectivity index (χ2v) is 18.6. The third-order valence-electron chi connectivity index (χ3n) is 7.52. The Morgan fingerprint density at radius 2 is 1.28 bits per heavy atom. The predicted molar refractivity (Wildman–Crippen MR) is 194 cm³/mol. The summed E-state index contributed by atoms with van der Waals surface area (Å²) >= 11 is 0.248. The van der Waals surface area contributed by atoms with Gasteiger partial charge in [-0.3, -0.25) is 14.3 Å². The Bertz CT molecular complexity index is 2920. The van der Waals surface area contributed by atoms with Crippen LogP contribution in [-0.4, -0.2) is 70.7 Å². The van der Waals surface area contributed by atoms with Crippen LogP contribution in [0.1, 0.15) is 0 Å². The van der Waals surface area contributed by atoms with Gasteiger partial charge >= 0.3 is 148 Å². The molecule has 0 aliphatic carbocycles. The number of fused-ring (bicyclic) bond motifs is 2. The van der Waals surface area contributed by atoms with E-state index in [4.69, 9.17) is 4.18 Å². The molecule has 2 N–H and O–H groups in total. The Labute approximate surface area is 483 Å². The number of anilines is 1. The van der Waals surface area contributed by atoms with E-state index in [1.807, 2.05) is 0 Å². The van der Waals surface area contributed by atoms with E-state index in [9.17, 15) is 63.0 Å². The Morgan fingerprint density at radius 3 is 1.88 bits per heavy atom. The van der Waals surface area contributed by atoms with E-state index in [0.717, 1.165) is 36.4 Å². The number of azo groups is 2. The maximum Gasteiger partial charge on any atom is 1.00 e. The summed E-state index contributed by atoms with van der Waals surface area (Å²) < 4.78 is 145. The first-order valence-corrected chi connectivity index (χ1v) is 22.7. The molecule has 0 saturated heterocycles. The molecule has 5 rings (SSSR count). The van der Waals surface area contributed by atoms with Gasteiger partial charge in [0.15, 0.2) is 27.9 Å². The van der Waals surface area contributed by atoms with E-state index in [0.29, 0.717) is 0 Å². The van der Waals surface area contributed by atoms with Gasteiger partial charge in [-0.2, -0.15) is 9.45 Å². The van der Waals surface area contributed by atoms with Crippen molar-refractivity contribution in [2.45, 2.75) is 19.6 Å². The van der Waals surface area contributed by atoms with Crippen LogP contribution in [0.25, 0.3) is 21.5 Å². The molecular formula is C29H20N5Na5O19S6. The van der Waals surface area contributed by atoms with Gasteiger partial charge in [-0.25, -0.2) is 33.7 Å². The molecule has 5 aromatic carbocycles. The van der Waals surface area contributed by atoms with E-state index >= 15 is 0 Å². The zero-order valence-electron chi connectivity index (χ0n) is 33.6. The van der Waals surface area contributed by atoms with Crippen molar-refractivity contribution in [2.24, 2.45) is 20.5 Å². The molecule has 0 heterocycles. The molecule has 64 heavy (non-hydrogen) atoms. The molecular weight excluding hydrogens is 1030 g/mol. The molecule has 0 saturated carbocycles. The number of sulfone groups is 1. The number of nitrogens with one attached hydrogen (secondary N) is 1. The molecule has 0 aliphatic rings. The van der Waals surface area contributed by atoms with Crippen molar-refractivity contribution in [1.29, 1.82) is 0 Å². The van der Waals surface area contributed by atoms with Gasteiger partial charge in [-0.1, -0.05) is 18.2 Å². The normalized spacial score (nSPS) is 12.0. The smallest absolute Gasteiger partial charge is 0.747 e. The SMILES string of the molecule is O=S(=O)([O-])CNc1ccc2c(O)c(N=Nc3ccc4c(S(=O)(=O)[O-])cccc4c3S(=O)(=O)[O-])c(SOO[O-])cc2c1N=Nc1ccc(S(=O)(=O)CCOSOO[O-])cc1.[Na+].[Na+].[Na+].[Na+].[Na+]. The maximum absolute atomic E-state index is 12.6. The van der Waals surface area contributed by atoms with Crippen LogP contribution in [-0.2, 0) is 63.1 Å². The summed E-state index contributed by atoms with van der Waals surface area (Å²) in [6, 6.07) is 13.1. The summed E-state index contributed by atoms with van der Waals surface area (Å²) in [5.74, 6) is -2.46. The first-order chi connectivity index (χ1) is 27.7. The molecule has 0 aliphatic heterocycles. The molecule has 35 heteroatoms. The monoisotopic (exact) mass is 1050 g/mol. The molecule has 0 fully saturated rings. The number of nitrogens with zero attached hydrogens (tertiary/aromatic N) is 4. The van der Waals surface area contributed by atoms with E-state index in [2.05, 4.69) is 44.5 Å². The van der Waals surface area contributed by atoms with E-state index in [1.54, 1.807) is 0 Å². The van der Waals surface area contributed by atoms with Gasteiger partial charge in [0.1, 0.15) is 53.3 Å². The van der Waals surface area contributed by atoms with Crippen LogP contribution >= 0.6 is 24.4 Å². The van der Waals surface area contributed by atoms with Crippen LogP contribution in [0.3, 0.4) is 0 Å². The minimum Gasteiger partial charge on any atom is -0.747 e. The number of benzene rings is 5. The topological polar surface area (TPSA) is 380 Å². The van der Waals surface area contributed by atoms with Crippen LogP contribution < -0.4 is 164 Å². The quantitative estimate of drug-likeness (QED) is 0.0147. The van der Waals surface area contributed by atoms with Crippen LogP contribution in [0.15, 0.2) is 113 Å². The number of phenolic OH excluding ortho intramolecular Hbond substituents is 1. The molecule has 5 aromatic rings. The third kappa shape index (κ3) is 17.4. The van der Waals surface area contributed by atoms with E-state index in [1.165, 1.54) is 36.4 Å². The summed E-state index contributed by atoms with van der Waals surface area (Å²) in [7, 11) is -19.4. The second kappa shape index (κ2) is 28.4. The van der Waals surface area contributed by atoms with Crippen molar-refractivity contribution in [3.8, 4) is 5.75 Å². The van der Waals surface area contributed by atoms with Crippen molar-refractivity contribution >= 4 is 115 Å². The van der Waals surface area contributed by atoms with Gasteiger partial charge in [-0.15, -0.1) is 19.7 Å². The number of hydrogen-bond acceptors (Lipinski definition) is 26. The number of hydrogen-bond donors (Lipinski definition) is 2. The fraction of sp³-hybridized carbons (Fsp3) is 0.103. The molecule has 24 nitrogen and oxygen atoms in total. The Kier molecular flexibility index (Phi) is 28.6. The third-order valence-corrected chi connectivity index (χ3v) is 12.5. The van der Waals surface area contributed by atoms with Gasteiger partial charge in [-0.05, 0) is 54.6 Å². The van der Waals surface area contributed by atoms with Crippen LogP contribution in [0, 0.1) is 0 Å². The number of aromatic hydroxyl groups is 1.